The summed E-state index contributed by atoms with van der Waals surface area (Å²) in [4.78, 5) is 33.8. The second-order valence-corrected chi connectivity index (χ2v) is 8.88. The number of para-hydroxylation sites is 1. The average Bonchev–Trinajstić information content (AvgIpc) is 3.58. The Morgan fingerprint density at radius 3 is 2.16 bits per heavy atom. The number of rotatable bonds is 6. The van der Waals surface area contributed by atoms with E-state index in [0.29, 0.717) is 23.5 Å². The number of amides is 2. The molecule has 5 rings (SSSR count). The highest BCUT2D eigenvalue weighted by Gasteiger charge is 2.43. The molecule has 0 N–H and O–H groups in total. The van der Waals surface area contributed by atoms with Crippen LogP contribution in [0.5, 0.6) is 0 Å². The van der Waals surface area contributed by atoms with Gasteiger partial charge >= 0.3 is 0 Å². The van der Waals surface area contributed by atoms with E-state index in [1.807, 2.05) is 83.9 Å². The van der Waals surface area contributed by atoms with Gasteiger partial charge in [-0.05, 0) is 67.6 Å². The summed E-state index contributed by atoms with van der Waals surface area (Å²) >= 11 is 1.48. The number of likely N-dealkylation sites (N-methyl/N-ethyl adjacent to an activating group) is 1. The molecule has 2 aromatic carbocycles. The fraction of sp³-hybridized carbons (Fsp3) is 0.231. The van der Waals surface area contributed by atoms with Crippen LogP contribution in [0.4, 0.5) is 17.1 Å². The van der Waals surface area contributed by atoms with Gasteiger partial charge in [-0.1, -0.05) is 24.3 Å². The molecule has 2 aliphatic rings. The van der Waals surface area contributed by atoms with Gasteiger partial charge in [0, 0.05) is 35.9 Å². The summed E-state index contributed by atoms with van der Waals surface area (Å²) in [6.45, 7) is 4.68. The van der Waals surface area contributed by atoms with E-state index in [4.69, 9.17) is 0 Å². The van der Waals surface area contributed by atoms with Crippen LogP contribution in [0.25, 0.3) is 5.57 Å². The van der Waals surface area contributed by atoms with Gasteiger partial charge in [-0.25, -0.2) is 4.90 Å². The average molecular weight is 444 g/mol. The third kappa shape index (κ3) is 3.50. The van der Waals surface area contributed by atoms with Gasteiger partial charge in [0.2, 0.25) is 0 Å². The molecule has 0 aliphatic carbocycles. The second kappa shape index (κ2) is 8.63. The van der Waals surface area contributed by atoms with Gasteiger partial charge < -0.3 is 9.80 Å². The zero-order valence-electron chi connectivity index (χ0n) is 18.0. The summed E-state index contributed by atoms with van der Waals surface area (Å²) in [5.74, 6) is -0.547. The third-order valence-electron chi connectivity index (χ3n) is 6.06. The molecule has 2 aliphatic heterocycles. The van der Waals surface area contributed by atoms with Crippen molar-refractivity contribution in [2.45, 2.75) is 19.8 Å². The van der Waals surface area contributed by atoms with Crippen molar-refractivity contribution in [2.75, 3.05) is 34.3 Å². The molecule has 3 heterocycles. The van der Waals surface area contributed by atoms with Crippen LogP contribution in [0.15, 0.2) is 77.8 Å². The van der Waals surface area contributed by atoms with Crippen molar-refractivity contribution in [2.24, 2.45) is 0 Å². The van der Waals surface area contributed by atoms with Gasteiger partial charge in [0.1, 0.15) is 5.70 Å². The molecule has 1 saturated heterocycles. The number of anilines is 3. The number of hydrogen-bond acceptors (Lipinski definition) is 5. The third-order valence-corrected chi connectivity index (χ3v) is 6.95. The molecule has 162 valence electrons. The smallest absolute Gasteiger partial charge is 0.282 e. The Kier molecular flexibility index (Phi) is 5.53. The van der Waals surface area contributed by atoms with E-state index in [0.717, 1.165) is 29.3 Å². The summed E-state index contributed by atoms with van der Waals surface area (Å²) < 4.78 is 0. The lowest BCUT2D eigenvalue weighted by Crippen LogP contribution is -2.35. The Bertz CT molecular complexity index is 1150. The lowest BCUT2D eigenvalue weighted by Gasteiger charge is -2.25. The molecule has 0 atom stereocenters. The van der Waals surface area contributed by atoms with Gasteiger partial charge in [-0.3, -0.25) is 9.59 Å². The maximum absolute atomic E-state index is 13.7. The first kappa shape index (κ1) is 20.5. The number of carbonyl (C=O) groups is 2. The van der Waals surface area contributed by atoms with Crippen LogP contribution < -0.4 is 14.7 Å². The van der Waals surface area contributed by atoms with Crippen molar-refractivity contribution in [3.05, 3.63) is 82.7 Å². The molecule has 0 spiro atoms. The molecular weight excluding hydrogens is 418 g/mol. The number of imide groups is 1. The molecule has 1 aromatic heterocycles. The van der Waals surface area contributed by atoms with Crippen molar-refractivity contribution in [3.8, 4) is 0 Å². The van der Waals surface area contributed by atoms with E-state index in [9.17, 15) is 9.59 Å². The van der Waals surface area contributed by atoms with Crippen molar-refractivity contribution in [1.29, 1.82) is 0 Å². The number of thiophene rings is 1. The summed E-state index contributed by atoms with van der Waals surface area (Å²) in [6, 6.07) is 21.4. The molecule has 2 amide bonds. The Balaban J connectivity index is 1.55. The zero-order chi connectivity index (χ0) is 22.1. The highest BCUT2D eigenvalue weighted by molar-refractivity contribution is 7.11. The quantitative estimate of drug-likeness (QED) is 0.494. The van der Waals surface area contributed by atoms with Crippen LogP contribution >= 0.6 is 11.3 Å². The molecule has 0 radical (unpaired) electrons. The summed E-state index contributed by atoms with van der Waals surface area (Å²) in [7, 11) is 0. The van der Waals surface area contributed by atoms with Crippen LogP contribution in [0, 0.1) is 0 Å². The molecule has 3 aromatic rings. The van der Waals surface area contributed by atoms with E-state index in [1.165, 1.54) is 29.1 Å². The van der Waals surface area contributed by atoms with E-state index in [-0.39, 0.29) is 11.8 Å². The van der Waals surface area contributed by atoms with Crippen LogP contribution in [-0.2, 0) is 9.59 Å². The number of hydrogen-bond donors (Lipinski definition) is 0. The summed E-state index contributed by atoms with van der Waals surface area (Å²) in [6.07, 6.45) is 2.41. The first-order chi connectivity index (χ1) is 15.7. The summed E-state index contributed by atoms with van der Waals surface area (Å²) in [5.41, 5.74) is 3.55. The molecule has 6 heteroatoms. The van der Waals surface area contributed by atoms with Crippen LogP contribution in [0.2, 0.25) is 0 Å². The lowest BCUT2D eigenvalue weighted by atomic mass is 10.1. The van der Waals surface area contributed by atoms with Gasteiger partial charge in [-0.2, -0.15) is 0 Å². The first-order valence-corrected chi connectivity index (χ1v) is 11.9. The van der Waals surface area contributed by atoms with E-state index in [2.05, 4.69) is 4.90 Å². The minimum atomic E-state index is -0.280. The first-order valence-electron chi connectivity index (χ1n) is 11.0. The van der Waals surface area contributed by atoms with E-state index >= 15 is 0 Å². The maximum Gasteiger partial charge on any atom is 0.282 e. The highest BCUT2D eigenvalue weighted by atomic mass is 32.1. The fourth-order valence-electron chi connectivity index (χ4n) is 4.51. The minimum Gasteiger partial charge on any atom is -0.372 e. The van der Waals surface area contributed by atoms with Crippen molar-refractivity contribution in [1.82, 2.24) is 0 Å². The number of carbonyl (C=O) groups excluding carboxylic acids is 2. The monoisotopic (exact) mass is 443 g/mol. The topological polar surface area (TPSA) is 43.9 Å². The molecule has 1 fully saturated rings. The molecule has 0 unspecified atom stereocenters. The minimum absolute atomic E-state index is 0.268. The fourth-order valence-corrected chi connectivity index (χ4v) is 5.27. The van der Waals surface area contributed by atoms with Gasteiger partial charge in [0.25, 0.3) is 11.8 Å². The van der Waals surface area contributed by atoms with Crippen LogP contribution in [-0.4, -0.2) is 31.4 Å². The molecule has 32 heavy (non-hydrogen) atoms. The lowest BCUT2D eigenvalue weighted by molar-refractivity contribution is -0.120. The molecular formula is C26H25N3O2S. The van der Waals surface area contributed by atoms with Gasteiger partial charge in [-0.15, -0.1) is 11.3 Å². The maximum atomic E-state index is 13.7. The SMILES string of the molecule is CCN(C1=C(c2cccs2)C(=O)N(c2ccc(N3CCCC3)cc2)C1=O)c1ccccc1. The molecule has 5 nitrogen and oxygen atoms in total. The van der Waals surface area contributed by atoms with Gasteiger partial charge in [0.15, 0.2) is 0 Å². The number of nitrogens with zero attached hydrogens (tertiary/aromatic N) is 3. The van der Waals surface area contributed by atoms with Crippen molar-refractivity contribution in [3.63, 3.8) is 0 Å². The largest absolute Gasteiger partial charge is 0.372 e. The number of benzene rings is 2. The summed E-state index contributed by atoms with van der Waals surface area (Å²) in [5, 5.41) is 1.93. The normalized spacial score (nSPS) is 16.4. The second-order valence-electron chi connectivity index (χ2n) is 7.94. The Hall–Kier alpha value is -3.38. The van der Waals surface area contributed by atoms with Crippen molar-refractivity contribution >= 4 is 45.8 Å². The van der Waals surface area contributed by atoms with E-state index < -0.39 is 0 Å². The van der Waals surface area contributed by atoms with E-state index in [1.54, 1.807) is 0 Å². The van der Waals surface area contributed by atoms with Gasteiger partial charge in [0.05, 0.1) is 11.3 Å². The predicted molar refractivity (Wildman–Crippen MR) is 131 cm³/mol. The Labute approximate surface area is 192 Å². The molecule has 0 saturated carbocycles. The standard InChI is InChI=1S/C26H25N3O2S/c1-2-28(20-9-4-3-5-10-20)24-23(22-11-8-18-32-22)25(30)29(26(24)31)21-14-12-19(13-15-21)27-16-6-7-17-27/h3-5,8-15,18H,2,6-7,16-17H2,1H3. The van der Waals surface area contributed by atoms with Crippen LogP contribution in [0.3, 0.4) is 0 Å². The van der Waals surface area contributed by atoms with Crippen LogP contribution in [0.1, 0.15) is 24.6 Å². The highest BCUT2D eigenvalue weighted by Crippen LogP contribution is 2.38. The molecule has 0 bridgehead atoms. The zero-order valence-corrected chi connectivity index (χ0v) is 18.8. The Morgan fingerprint density at radius 2 is 1.53 bits per heavy atom. The predicted octanol–water partition coefficient (Wildman–Crippen LogP) is 5.16. The van der Waals surface area contributed by atoms with Crippen molar-refractivity contribution < 1.29 is 9.59 Å². The Morgan fingerprint density at radius 1 is 0.844 bits per heavy atom.